The van der Waals surface area contributed by atoms with Crippen molar-refractivity contribution in [2.45, 2.75) is 13.5 Å². The molecule has 6 nitrogen and oxygen atoms in total. The third-order valence-corrected chi connectivity index (χ3v) is 2.59. The lowest BCUT2D eigenvalue weighted by Gasteiger charge is -2.06. The van der Waals surface area contributed by atoms with Crippen LogP contribution in [0.5, 0.6) is 0 Å². The lowest BCUT2D eigenvalue weighted by atomic mass is 10.2. The fourth-order valence-electron chi connectivity index (χ4n) is 1.66. The fourth-order valence-corrected chi connectivity index (χ4v) is 1.66. The molecule has 1 N–H and O–H groups in total. The molecule has 0 radical (unpaired) electrons. The molecule has 6 heteroatoms. The summed E-state index contributed by atoms with van der Waals surface area (Å²) in [6.45, 7) is 3.41. The van der Waals surface area contributed by atoms with Gasteiger partial charge in [0.15, 0.2) is 0 Å². The quantitative estimate of drug-likeness (QED) is 0.825. The Labute approximate surface area is 111 Å². The zero-order valence-electron chi connectivity index (χ0n) is 11.0. The molecule has 0 aliphatic carbocycles. The lowest BCUT2D eigenvalue weighted by molar-refractivity contribution is 0.0600. The zero-order valence-corrected chi connectivity index (χ0v) is 11.0. The number of ether oxygens (including phenoxy) is 1. The smallest absolute Gasteiger partial charge is 0.338 e. The third-order valence-electron chi connectivity index (χ3n) is 2.59. The van der Waals surface area contributed by atoms with Crippen molar-refractivity contribution in [2.24, 2.45) is 0 Å². The molecule has 0 fully saturated rings. The molecule has 0 aliphatic heterocycles. The average Bonchev–Trinajstić information content (AvgIpc) is 2.84. The molecule has 2 aromatic heterocycles. The van der Waals surface area contributed by atoms with Gasteiger partial charge in [-0.2, -0.15) is 5.10 Å². The number of carbonyl (C=O) groups excluding carboxylic acids is 1. The first-order valence-electron chi connectivity index (χ1n) is 5.96. The largest absolute Gasteiger partial charge is 0.465 e. The predicted octanol–water partition coefficient (Wildman–Crippen LogP) is 1.49. The van der Waals surface area contributed by atoms with Crippen LogP contribution in [0.3, 0.4) is 0 Å². The number of esters is 1. The van der Waals surface area contributed by atoms with Gasteiger partial charge in [0.2, 0.25) is 0 Å². The van der Waals surface area contributed by atoms with Gasteiger partial charge in [-0.3, -0.25) is 4.68 Å². The van der Waals surface area contributed by atoms with Crippen LogP contribution in [0.15, 0.2) is 30.7 Å². The summed E-state index contributed by atoms with van der Waals surface area (Å²) >= 11 is 0. The number of pyridine rings is 1. The molecule has 0 bridgehead atoms. The molecule has 2 heterocycles. The van der Waals surface area contributed by atoms with E-state index in [1.165, 1.54) is 7.11 Å². The average molecular weight is 260 g/mol. The van der Waals surface area contributed by atoms with E-state index in [0.29, 0.717) is 17.9 Å². The van der Waals surface area contributed by atoms with E-state index >= 15 is 0 Å². The molecule has 0 spiro atoms. The number of nitrogens with one attached hydrogen (secondary N) is 1. The first kappa shape index (κ1) is 13.1. The summed E-state index contributed by atoms with van der Waals surface area (Å²) in [5.41, 5.74) is 1.61. The molecule has 19 heavy (non-hydrogen) atoms. The second kappa shape index (κ2) is 5.99. The molecule has 0 saturated heterocycles. The van der Waals surface area contributed by atoms with E-state index in [0.717, 1.165) is 12.1 Å². The molecular formula is C13H16N4O2. The Morgan fingerprint density at radius 2 is 2.37 bits per heavy atom. The van der Waals surface area contributed by atoms with Gasteiger partial charge in [-0.25, -0.2) is 9.78 Å². The van der Waals surface area contributed by atoms with Crippen LogP contribution < -0.4 is 5.32 Å². The van der Waals surface area contributed by atoms with Crippen LogP contribution >= 0.6 is 0 Å². The molecule has 0 unspecified atom stereocenters. The van der Waals surface area contributed by atoms with E-state index in [1.807, 2.05) is 24.0 Å². The van der Waals surface area contributed by atoms with E-state index in [-0.39, 0.29) is 5.97 Å². The molecule has 2 rings (SSSR count). The van der Waals surface area contributed by atoms with Gasteiger partial charge in [-0.1, -0.05) is 0 Å². The van der Waals surface area contributed by atoms with E-state index in [2.05, 4.69) is 20.1 Å². The Bertz CT molecular complexity index is 565. The molecule has 0 saturated carbocycles. The predicted molar refractivity (Wildman–Crippen MR) is 71.0 cm³/mol. The van der Waals surface area contributed by atoms with Crippen molar-refractivity contribution in [3.8, 4) is 0 Å². The number of rotatable bonds is 5. The van der Waals surface area contributed by atoms with Crippen LogP contribution in [-0.2, 0) is 11.3 Å². The molecule has 0 aromatic carbocycles. The van der Waals surface area contributed by atoms with Crippen molar-refractivity contribution in [3.05, 3.63) is 41.9 Å². The van der Waals surface area contributed by atoms with Gasteiger partial charge in [-0.15, -0.1) is 0 Å². The van der Waals surface area contributed by atoms with Gasteiger partial charge in [0.25, 0.3) is 0 Å². The van der Waals surface area contributed by atoms with Gasteiger partial charge in [0.1, 0.15) is 5.82 Å². The summed E-state index contributed by atoms with van der Waals surface area (Å²) in [5, 5.41) is 7.33. The molecule has 0 aliphatic rings. The van der Waals surface area contributed by atoms with E-state index in [9.17, 15) is 4.79 Å². The van der Waals surface area contributed by atoms with Crippen LogP contribution in [0.2, 0.25) is 0 Å². The highest BCUT2D eigenvalue weighted by atomic mass is 16.5. The minimum atomic E-state index is -0.367. The number of aromatic nitrogens is 3. The van der Waals surface area contributed by atoms with Crippen molar-refractivity contribution in [2.75, 3.05) is 19.0 Å². The lowest BCUT2D eigenvalue weighted by Crippen LogP contribution is -2.12. The molecule has 0 amide bonds. The summed E-state index contributed by atoms with van der Waals surface area (Å²) in [4.78, 5) is 15.5. The maximum atomic E-state index is 11.4. The first-order valence-corrected chi connectivity index (χ1v) is 5.96. The number of carbonyl (C=O) groups is 1. The van der Waals surface area contributed by atoms with Crippen molar-refractivity contribution in [3.63, 3.8) is 0 Å². The summed E-state index contributed by atoms with van der Waals surface area (Å²) in [5.74, 6) is 0.278. The fraction of sp³-hybridized carbons (Fsp3) is 0.308. The Morgan fingerprint density at radius 1 is 1.53 bits per heavy atom. The van der Waals surface area contributed by atoms with Crippen LogP contribution in [-0.4, -0.2) is 34.4 Å². The number of anilines is 1. The van der Waals surface area contributed by atoms with E-state index in [1.54, 1.807) is 18.3 Å². The minimum Gasteiger partial charge on any atom is -0.465 e. The Kier molecular flexibility index (Phi) is 4.12. The molecule has 0 atom stereocenters. The Morgan fingerprint density at radius 3 is 3.05 bits per heavy atom. The SMILES string of the molecule is COC(=O)c1ccnc(NCCn2cc(C)cn2)c1. The van der Waals surface area contributed by atoms with Gasteiger partial charge in [0, 0.05) is 18.9 Å². The van der Waals surface area contributed by atoms with Gasteiger partial charge in [0.05, 0.1) is 25.4 Å². The number of nitrogens with zero attached hydrogens (tertiary/aromatic N) is 3. The zero-order chi connectivity index (χ0) is 13.7. The minimum absolute atomic E-state index is 0.367. The van der Waals surface area contributed by atoms with Crippen LogP contribution in [0.4, 0.5) is 5.82 Å². The van der Waals surface area contributed by atoms with Crippen molar-refractivity contribution < 1.29 is 9.53 Å². The van der Waals surface area contributed by atoms with Crippen molar-refractivity contribution in [1.29, 1.82) is 0 Å². The first-order chi connectivity index (χ1) is 9.19. The van der Waals surface area contributed by atoms with Crippen molar-refractivity contribution in [1.82, 2.24) is 14.8 Å². The maximum absolute atomic E-state index is 11.4. The Balaban J connectivity index is 1.90. The second-order valence-electron chi connectivity index (χ2n) is 4.13. The highest BCUT2D eigenvalue weighted by Crippen LogP contribution is 2.07. The highest BCUT2D eigenvalue weighted by Gasteiger charge is 2.06. The summed E-state index contributed by atoms with van der Waals surface area (Å²) in [7, 11) is 1.36. The summed E-state index contributed by atoms with van der Waals surface area (Å²) < 4.78 is 6.51. The van der Waals surface area contributed by atoms with Crippen LogP contribution in [0, 0.1) is 6.92 Å². The topological polar surface area (TPSA) is 69.0 Å². The summed E-state index contributed by atoms with van der Waals surface area (Å²) in [6, 6.07) is 3.29. The number of hydrogen-bond acceptors (Lipinski definition) is 5. The standard InChI is InChI=1S/C13H16N4O2/c1-10-8-16-17(9-10)6-5-15-12-7-11(3-4-14-12)13(18)19-2/h3-4,7-9H,5-6H2,1-2H3,(H,14,15). The highest BCUT2D eigenvalue weighted by molar-refractivity contribution is 5.89. The molecule has 2 aromatic rings. The normalized spacial score (nSPS) is 10.2. The van der Waals surface area contributed by atoms with Gasteiger partial charge >= 0.3 is 5.97 Å². The monoisotopic (exact) mass is 260 g/mol. The van der Waals surface area contributed by atoms with Crippen LogP contribution in [0.25, 0.3) is 0 Å². The number of aryl methyl sites for hydroxylation is 1. The summed E-state index contributed by atoms with van der Waals surface area (Å²) in [6.07, 6.45) is 5.36. The van der Waals surface area contributed by atoms with Gasteiger partial charge in [-0.05, 0) is 24.6 Å². The van der Waals surface area contributed by atoms with E-state index in [4.69, 9.17) is 0 Å². The molecular weight excluding hydrogens is 244 g/mol. The van der Waals surface area contributed by atoms with Crippen molar-refractivity contribution >= 4 is 11.8 Å². The number of methoxy groups -OCH3 is 1. The maximum Gasteiger partial charge on any atom is 0.338 e. The number of hydrogen-bond donors (Lipinski definition) is 1. The molecule has 100 valence electrons. The second-order valence-corrected chi connectivity index (χ2v) is 4.13. The third kappa shape index (κ3) is 3.54. The van der Waals surface area contributed by atoms with Gasteiger partial charge < -0.3 is 10.1 Å². The van der Waals surface area contributed by atoms with E-state index < -0.39 is 0 Å². The Hall–Kier alpha value is -2.37. The van der Waals surface area contributed by atoms with Crippen LogP contribution in [0.1, 0.15) is 15.9 Å².